The van der Waals surface area contributed by atoms with E-state index in [9.17, 15) is 0 Å². The number of hydrogen-bond donors (Lipinski definition) is 2. The smallest absolute Gasteiger partial charge is 0.191 e. The second kappa shape index (κ2) is 12.1. The third kappa shape index (κ3) is 6.84. The fourth-order valence-electron chi connectivity index (χ4n) is 3.48. The highest BCUT2D eigenvalue weighted by Gasteiger charge is 2.18. The van der Waals surface area contributed by atoms with Gasteiger partial charge in [0.05, 0.1) is 18.8 Å². The molecule has 1 aliphatic rings. The molecule has 0 spiro atoms. The Bertz CT molecular complexity index is 811. The second-order valence-corrected chi connectivity index (χ2v) is 7.54. The number of benzene rings is 1. The van der Waals surface area contributed by atoms with Crippen LogP contribution in [0.25, 0.3) is 0 Å². The van der Waals surface area contributed by atoms with Crippen molar-refractivity contribution in [3.8, 4) is 0 Å². The van der Waals surface area contributed by atoms with Gasteiger partial charge < -0.3 is 20.3 Å². The Kier molecular flexibility index (Phi) is 9.84. The van der Waals surface area contributed by atoms with Gasteiger partial charge in [-0.2, -0.15) is 0 Å². The minimum absolute atomic E-state index is 0. The van der Waals surface area contributed by atoms with Gasteiger partial charge in [-0.1, -0.05) is 31.2 Å². The zero-order valence-electron chi connectivity index (χ0n) is 18.4. The van der Waals surface area contributed by atoms with E-state index in [2.05, 4.69) is 76.6 Å². The maximum atomic E-state index is 5.63. The molecular weight excluding hydrogens is 489 g/mol. The summed E-state index contributed by atoms with van der Waals surface area (Å²) in [6, 6.07) is 13.1. The molecule has 164 valence electrons. The standard InChI is InChI=1S/C23H33N5O.HI/c1-5-19-6-8-21(9-7-19)18(3)27-23(24-4)26-15-20-10-11-25-22(14-20)28-12-13-29-17(2)16-28;/h6-11,14,17-18H,5,12-13,15-16H2,1-4H3,(H2,24,26,27);1H. The first-order valence-corrected chi connectivity index (χ1v) is 10.5. The normalized spacial score (nSPS) is 17.8. The Hall–Kier alpha value is -1.87. The van der Waals surface area contributed by atoms with Crippen LogP contribution in [0.1, 0.15) is 43.5 Å². The molecule has 2 heterocycles. The Morgan fingerprint density at radius 3 is 2.70 bits per heavy atom. The first-order chi connectivity index (χ1) is 14.1. The summed E-state index contributed by atoms with van der Waals surface area (Å²) in [5.74, 6) is 1.79. The van der Waals surface area contributed by atoms with Crippen LogP contribution in [0.3, 0.4) is 0 Å². The summed E-state index contributed by atoms with van der Waals surface area (Å²) in [5, 5.41) is 6.89. The molecule has 0 saturated carbocycles. The Morgan fingerprint density at radius 2 is 2.03 bits per heavy atom. The number of hydrogen-bond acceptors (Lipinski definition) is 4. The summed E-state index contributed by atoms with van der Waals surface area (Å²) in [7, 11) is 1.80. The number of anilines is 1. The number of nitrogens with one attached hydrogen (secondary N) is 2. The van der Waals surface area contributed by atoms with Gasteiger partial charge >= 0.3 is 0 Å². The molecule has 0 amide bonds. The molecule has 1 fully saturated rings. The van der Waals surface area contributed by atoms with Crippen molar-refractivity contribution in [1.29, 1.82) is 0 Å². The van der Waals surface area contributed by atoms with E-state index >= 15 is 0 Å². The van der Waals surface area contributed by atoms with Crippen LogP contribution in [0.5, 0.6) is 0 Å². The highest BCUT2D eigenvalue weighted by molar-refractivity contribution is 14.0. The fourth-order valence-corrected chi connectivity index (χ4v) is 3.48. The topological polar surface area (TPSA) is 61.8 Å². The zero-order chi connectivity index (χ0) is 20.6. The quantitative estimate of drug-likeness (QED) is 0.342. The molecule has 7 heteroatoms. The monoisotopic (exact) mass is 523 g/mol. The molecule has 2 atom stereocenters. The van der Waals surface area contributed by atoms with Gasteiger partial charge in [0.15, 0.2) is 5.96 Å². The number of rotatable bonds is 6. The lowest BCUT2D eigenvalue weighted by Crippen LogP contribution is -2.41. The molecule has 2 N–H and O–H groups in total. The average molecular weight is 523 g/mol. The van der Waals surface area contributed by atoms with Gasteiger partial charge in [-0.25, -0.2) is 4.98 Å². The van der Waals surface area contributed by atoms with Crippen LogP contribution in [0, 0.1) is 0 Å². The van der Waals surface area contributed by atoms with Crippen LogP contribution in [-0.4, -0.2) is 43.8 Å². The van der Waals surface area contributed by atoms with E-state index in [1.54, 1.807) is 7.05 Å². The van der Waals surface area contributed by atoms with Gasteiger partial charge in [-0.3, -0.25) is 4.99 Å². The molecule has 1 aromatic heterocycles. The zero-order valence-corrected chi connectivity index (χ0v) is 20.7. The first-order valence-electron chi connectivity index (χ1n) is 10.5. The number of guanidine groups is 1. The van der Waals surface area contributed by atoms with Gasteiger partial charge in [0.2, 0.25) is 0 Å². The lowest BCUT2D eigenvalue weighted by Gasteiger charge is -2.32. The van der Waals surface area contributed by atoms with Crippen LogP contribution in [0.2, 0.25) is 0 Å². The minimum Gasteiger partial charge on any atom is -0.375 e. The van der Waals surface area contributed by atoms with Crippen molar-refractivity contribution in [2.24, 2.45) is 4.99 Å². The van der Waals surface area contributed by atoms with Crippen LogP contribution in [0.4, 0.5) is 5.82 Å². The van der Waals surface area contributed by atoms with Crippen molar-refractivity contribution in [1.82, 2.24) is 15.6 Å². The van der Waals surface area contributed by atoms with E-state index in [1.807, 2.05) is 12.3 Å². The molecule has 0 bridgehead atoms. The van der Waals surface area contributed by atoms with Gasteiger partial charge in [0.1, 0.15) is 5.82 Å². The van der Waals surface area contributed by atoms with Gasteiger partial charge in [0, 0.05) is 32.9 Å². The van der Waals surface area contributed by atoms with E-state index in [-0.39, 0.29) is 36.1 Å². The molecule has 30 heavy (non-hydrogen) atoms. The molecular formula is C23H34IN5O. The number of aliphatic imine (C=N–C) groups is 1. The largest absolute Gasteiger partial charge is 0.375 e. The number of nitrogens with zero attached hydrogens (tertiary/aromatic N) is 3. The van der Waals surface area contributed by atoms with Crippen molar-refractivity contribution in [3.05, 3.63) is 59.3 Å². The number of morpholine rings is 1. The van der Waals surface area contributed by atoms with Gasteiger partial charge in [-0.15, -0.1) is 24.0 Å². The van der Waals surface area contributed by atoms with Crippen molar-refractivity contribution >= 4 is 35.8 Å². The van der Waals surface area contributed by atoms with Gasteiger partial charge in [0.25, 0.3) is 0 Å². The maximum Gasteiger partial charge on any atom is 0.191 e. The number of halogens is 1. The number of aromatic nitrogens is 1. The van der Waals surface area contributed by atoms with Crippen LogP contribution >= 0.6 is 24.0 Å². The number of aryl methyl sites for hydroxylation is 1. The highest BCUT2D eigenvalue weighted by Crippen LogP contribution is 2.17. The predicted octanol–water partition coefficient (Wildman–Crippen LogP) is 3.91. The number of pyridine rings is 1. The molecule has 0 aliphatic carbocycles. The van der Waals surface area contributed by atoms with Gasteiger partial charge in [-0.05, 0) is 49.1 Å². The molecule has 1 saturated heterocycles. The third-order valence-corrected chi connectivity index (χ3v) is 5.30. The van der Waals surface area contributed by atoms with Crippen molar-refractivity contribution < 1.29 is 4.74 Å². The lowest BCUT2D eigenvalue weighted by atomic mass is 10.1. The highest BCUT2D eigenvalue weighted by atomic mass is 127. The third-order valence-electron chi connectivity index (χ3n) is 5.30. The van der Waals surface area contributed by atoms with Crippen LogP contribution in [-0.2, 0) is 17.7 Å². The fraction of sp³-hybridized carbons (Fsp3) is 0.478. The summed E-state index contributed by atoms with van der Waals surface area (Å²) in [6.45, 7) is 9.62. The van der Waals surface area contributed by atoms with E-state index in [0.29, 0.717) is 6.54 Å². The predicted molar refractivity (Wildman–Crippen MR) is 135 cm³/mol. The van der Waals surface area contributed by atoms with E-state index in [4.69, 9.17) is 4.74 Å². The van der Waals surface area contributed by atoms with Crippen LogP contribution < -0.4 is 15.5 Å². The van der Waals surface area contributed by atoms with Crippen molar-refractivity contribution in [3.63, 3.8) is 0 Å². The molecule has 0 radical (unpaired) electrons. The summed E-state index contributed by atoms with van der Waals surface area (Å²) >= 11 is 0. The van der Waals surface area contributed by atoms with E-state index in [1.165, 1.54) is 16.7 Å². The molecule has 3 rings (SSSR count). The summed E-state index contributed by atoms with van der Waals surface area (Å²) in [4.78, 5) is 11.2. The Morgan fingerprint density at radius 1 is 1.27 bits per heavy atom. The van der Waals surface area contributed by atoms with Crippen molar-refractivity contribution in [2.45, 2.75) is 45.9 Å². The molecule has 2 unspecified atom stereocenters. The summed E-state index contributed by atoms with van der Waals surface area (Å²) in [6.07, 6.45) is 3.17. The number of ether oxygens (including phenoxy) is 1. The van der Waals surface area contributed by atoms with Crippen molar-refractivity contribution in [2.75, 3.05) is 31.6 Å². The molecule has 2 aromatic rings. The molecule has 6 nitrogen and oxygen atoms in total. The Balaban J connectivity index is 0.00000320. The van der Waals surface area contributed by atoms with E-state index in [0.717, 1.165) is 37.9 Å². The lowest BCUT2D eigenvalue weighted by molar-refractivity contribution is 0.0529. The maximum absolute atomic E-state index is 5.63. The first kappa shape index (κ1) is 24.4. The average Bonchev–Trinajstić information content (AvgIpc) is 2.76. The molecule has 1 aromatic carbocycles. The minimum atomic E-state index is 0. The SMILES string of the molecule is CCc1ccc(C(C)NC(=NC)NCc2ccnc(N3CCOC(C)C3)c2)cc1.I. The Labute approximate surface area is 197 Å². The second-order valence-electron chi connectivity index (χ2n) is 7.54. The summed E-state index contributed by atoms with van der Waals surface area (Å²) < 4.78 is 5.63. The van der Waals surface area contributed by atoms with Crippen LogP contribution in [0.15, 0.2) is 47.6 Å². The van der Waals surface area contributed by atoms with E-state index < -0.39 is 0 Å². The molecule has 1 aliphatic heterocycles. The summed E-state index contributed by atoms with van der Waals surface area (Å²) in [5.41, 5.74) is 3.78.